The largest absolute Gasteiger partial charge is 0.394 e. The van der Waals surface area contributed by atoms with E-state index in [1.54, 1.807) is 12.1 Å². The van der Waals surface area contributed by atoms with Crippen LogP contribution in [-0.2, 0) is 16.6 Å². The summed E-state index contributed by atoms with van der Waals surface area (Å²) >= 11 is 9.94. The van der Waals surface area contributed by atoms with Crippen LogP contribution in [0.3, 0.4) is 0 Å². The van der Waals surface area contributed by atoms with Gasteiger partial charge in [-0.1, -0.05) is 15.9 Å². The Morgan fingerprint density at radius 1 is 1.24 bits per heavy atom. The number of aromatic nitrogens is 2. The van der Waals surface area contributed by atoms with Gasteiger partial charge in [0.05, 0.1) is 25.0 Å². The van der Waals surface area contributed by atoms with Gasteiger partial charge in [0.2, 0.25) is 0 Å². The Morgan fingerprint density at radius 2 is 1.86 bits per heavy atom. The van der Waals surface area contributed by atoms with Crippen molar-refractivity contribution < 1.29 is 13.5 Å². The van der Waals surface area contributed by atoms with Crippen LogP contribution in [0.15, 0.2) is 42.8 Å². The third-order valence-corrected chi connectivity index (χ3v) is 5.51. The number of halogens is 3. The fraction of sp³-hybridized carbons (Fsp3) is 0.182. The minimum atomic E-state index is -3.76. The Bertz CT molecular complexity index is 738. The number of sulfonamides is 1. The first-order valence-electron chi connectivity index (χ1n) is 5.64. The zero-order valence-electron chi connectivity index (χ0n) is 10.4. The third-order valence-electron chi connectivity index (χ3n) is 2.49. The number of benzene rings is 1. The van der Waals surface area contributed by atoms with Crippen molar-refractivity contribution in [2.75, 3.05) is 11.3 Å². The normalized spacial score (nSPS) is 11.6. The van der Waals surface area contributed by atoms with Gasteiger partial charge < -0.3 is 5.11 Å². The Hall–Kier alpha value is -0.420. The lowest BCUT2D eigenvalue weighted by molar-refractivity contribution is 0.269. The lowest BCUT2D eigenvalue weighted by atomic mass is 10.3. The molecule has 1 heterocycles. The smallest absolute Gasteiger partial charge is 0.265 e. The first-order chi connectivity index (χ1) is 9.83. The quantitative estimate of drug-likeness (QED) is 0.657. The number of aliphatic hydroxyl groups excluding tert-OH is 1. The molecule has 114 valence electrons. The monoisotopic (exact) mass is 501 g/mol. The van der Waals surface area contributed by atoms with Gasteiger partial charge in [0.25, 0.3) is 10.0 Å². The number of hydrogen-bond donors (Lipinski definition) is 2. The molecule has 0 unspecified atom stereocenters. The molecule has 2 aromatic rings. The number of anilines is 1. The molecule has 21 heavy (non-hydrogen) atoms. The van der Waals surface area contributed by atoms with Crippen molar-refractivity contribution in [1.82, 2.24) is 9.78 Å². The summed E-state index contributed by atoms with van der Waals surface area (Å²) in [4.78, 5) is 0.0256. The predicted molar refractivity (Wildman–Crippen MR) is 89.7 cm³/mol. The van der Waals surface area contributed by atoms with Crippen LogP contribution >= 0.6 is 47.8 Å². The third kappa shape index (κ3) is 4.07. The van der Waals surface area contributed by atoms with Crippen LogP contribution in [0, 0.1) is 0 Å². The van der Waals surface area contributed by atoms with Gasteiger partial charge in [-0.2, -0.15) is 5.10 Å². The molecule has 0 radical (unpaired) electrons. The van der Waals surface area contributed by atoms with E-state index >= 15 is 0 Å². The molecule has 2 rings (SSSR count). The number of rotatable bonds is 5. The fourth-order valence-corrected chi connectivity index (χ4v) is 5.31. The number of hydrogen-bond acceptors (Lipinski definition) is 4. The minimum Gasteiger partial charge on any atom is -0.394 e. The van der Waals surface area contributed by atoms with E-state index in [0.717, 1.165) is 4.47 Å². The van der Waals surface area contributed by atoms with Gasteiger partial charge in [-0.3, -0.25) is 9.40 Å². The van der Waals surface area contributed by atoms with Crippen LogP contribution < -0.4 is 4.72 Å². The molecule has 0 bridgehead atoms. The van der Waals surface area contributed by atoms with E-state index in [0.29, 0.717) is 14.6 Å². The first kappa shape index (κ1) is 16.9. The molecular formula is C11H10Br3N3O3S. The maximum absolute atomic E-state index is 12.3. The van der Waals surface area contributed by atoms with Crippen LogP contribution in [0.2, 0.25) is 0 Å². The molecule has 0 fully saturated rings. The summed E-state index contributed by atoms with van der Waals surface area (Å²) in [6.07, 6.45) is 2.60. The molecule has 0 aliphatic carbocycles. The van der Waals surface area contributed by atoms with E-state index in [2.05, 4.69) is 57.6 Å². The zero-order valence-corrected chi connectivity index (χ0v) is 16.0. The van der Waals surface area contributed by atoms with Gasteiger partial charge >= 0.3 is 0 Å². The van der Waals surface area contributed by atoms with Gasteiger partial charge in [-0.25, -0.2) is 8.42 Å². The molecule has 0 aliphatic rings. The Balaban J connectivity index is 2.33. The predicted octanol–water partition coefficient (Wildman–Crippen LogP) is 2.96. The number of nitrogens with one attached hydrogen (secondary N) is 1. The van der Waals surface area contributed by atoms with Crippen LogP contribution in [-0.4, -0.2) is 29.9 Å². The minimum absolute atomic E-state index is 0.0256. The molecule has 0 saturated heterocycles. The maximum Gasteiger partial charge on any atom is 0.265 e. The molecule has 2 N–H and O–H groups in total. The SMILES string of the molecule is O=S(=O)(Nc1c(Br)cc(Br)cc1Br)c1cnn(CCO)c1. The van der Waals surface area contributed by atoms with E-state index in [4.69, 9.17) is 5.11 Å². The van der Waals surface area contributed by atoms with Crippen molar-refractivity contribution in [3.63, 3.8) is 0 Å². The van der Waals surface area contributed by atoms with Crippen molar-refractivity contribution >= 4 is 63.5 Å². The molecular weight excluding hydrogens is 494 g/mol. The summed E-state index contributed by atoms with van der Waals surface area (Å²) in [7, 11) is -3.76. The highest BCUT2D eigenvalue weighted by Gasteiger charge is 2.19. The molecule has 0 atom stereocenters. The molecule has 1 aromatic carbocycles. The Morgan fingerprint density at radius 3 is 2.43 bits per heavy atom. The Labute approximate surface area is 147 Å². The van der Waals surface area contributed by atoms with E-state index in [1.165, 1.54) is 17.1 Å². The van der Waals surface area contributed by atoms with Crippen molar-refractivity contribution in [3.8, 4) is 0 Å². The summed E-state index contributed by atoms with van der Waals surface area (Å²) in [6.45, 7) is 0.125. The molecule has 0 spiro atoms. The fourth-order valence-electron chi connectivity index (χ4n) is 1.54. The molecule has 0 amide bonds. The standard InChI is InChI=1S/C11H10Br3N3O3S/c12-7-3-9(13)11(10(14)4-7)16-21(19,20)8-5-15-17(6-8)1-2-18/h3-6,16,18H,1-2H2. The highest BCUT2D eigenvalue weighted by molar-refractivity contribution is 9.11. The van der Waals surface area contributed by atoms with Crippen LogP contribution in [0.4, 0.5) is 5.69 Å². The second kappa shape index (κ2) is 6.78. The van der Waals surface area contributed by atoms with Crippen LogP contribution in [0.5, 0.6) is 0 Å². The molecule has 6 nitrogen and oxygen atoms in total. The van der Waals surface area contributed by atoms with E-state index in [1.807, 2.05) is 0 Å². The summed E-state index contributed by atoms with van der Waals surface area (Å²) in [5, 5.41) is 12.7. The summed E-state index contributed by atoms with van der Waals surface area (Å²) in [5.74, 6) is 0. The van der Waals surface area contributed by atoms with Gasteiger partial charge in [0.1, 0.15) is 4.90 Å². The van der Waals surface area contributed by atoms with Gasteiger partial charge in [0.15, 0.2) is 0 Å². The van der Waals surface area contributed by atoms with Gasteiger partial charge in [-0.05, 0) is 44.0 Å². The zero-order chi connectivity index (χ0) is 15.6. The second-order valence-electron chi connectivity index (χ2n) is 4.01. The van der Waals surface area contributed by atoms with Gasteiger partial charge in [-0.15, -0.1) is 0 Å². The molecule has 10 heteroatoms. The van der Waals surface area contributed by atoms with Crippen LogP contribution in [0.25, 0.3) is 0 Å². The number of aliphatic hydroxyl groups is 1. The number of nitrogens with zero attached hydrogens (tertiary/aromatic N) is 2. The van der Waals surface area contributed by atoms with Crippen molar-refractivity contribution in [1.29, 1.82) is 0 Å². The Kier molecular flexibility index (Phi) is 5.47. The second-order valence-corrected chi connectivity index (χ2v) is 8.32. The van der Waals surface area contributed by atoms with E-state index < -0.39 is 10.0 Å². The van der Waals surface area contributed by atoms with Crippen molar-refractivity contribution in [3.05, 3.63) is 37.9 Å². The summed E-state index contributed by atoms with van der Waals surface area (Å²) in [6, 6.07) is 3.47. The van der Waals surface area contributed by atoms with Crippen molar-refractivity contribution in [2.24, 2.45) is 0 Å². The molecule has 0 aliphatic heterocycles. The topological polar surface area (TPSA) is 84.2 Å². The van der Waals surface area contributed by atoms with E-state index in [-0.39, 0.29) is 18.0 Å². The average molecular weight is 504 g/mol. The average Bonchev–Trinajstić information content (AvgIpc) is 2.84. The molecule has 1 aromatic heterocycles. The summed E-state index contributed by atoms with van der Waals surface area (Å²) < 4.78 is 30.5. The summed E-state index contributed by atoms with van der Waals surface area (Å²) in [5.41, 5.74) is 0.396. The maximum atomic E-state index is 12.3. The van der Waals surface area contributed by atoms with Crippen LogP contribution in [0.1, 0.15) is 0 Å². The first-order valence-corrected chi connectivity index (χ1v) is 9.50. The molecule has 0 saturated carbocycles. The lowest BCUT2D eigenvalue weighted by Crippen LogP contribution is -2.13. The van der Waals surface area contributed by atoms with E-state index in [9.17, 15) is 8.42 Å². The highest BCUT2D eigenvalue weighted by Crippen LogP contribution is 2.35. The highest BCUT2D eigenvalue weighted by atomic mass is 79.9. The lowest BCUT2D eigenvalue weighted by Gasteiger charge is -2.11. The van der Waals surface area contributed by atoms with Gasteiger partial charge in [0, 0.05) is 19.6 Å². The van der Waals surface area contributed by atoms with Crippen molar-refractivity contribution in [2.45, 2.75) is 11.4 Å².